The fourth-order valence-electron chi connectivity index (χ4n) is 2.35. The van der Waals surface area contributed by atoms with E-state index in [9.17, 15) is 0 Å². The van der Waals surface area contributed by atoms with Gasteiger partial charge in [0.2, 0.25) is 0 Å². The molecule has 0 saturated heterocycles. The van der Waals surface area contributed by atoms with Crippen LogP contribution in [-0.2, 0) is 13.0 Å². The first kappa shape index (κ1) is 13.8. The zero-order valence-corrected chi connectivity index (χ0v) is 11.6. The van der Waals surface area contributed by atoms with Gasteiger partial charge in [0.1, 0.15) is 0 Å². The van der Waals surface area contributed by atoms with Gasteiger partial charge >= 0.3 is 0 Å². The molecule has 0 radical (unpaired) electrons. The molecule has 1 unspecified atom stereocenters. The van der Waals surface area contributed by atoms with Crippen LogP contribution in [-0.4, -0.2) is 9.78 Å². The van der Waals surface area contributed by atoms with Crippen LogP contribution >= 0.6 is 0 Å². The molecule has 0 aliphatic heterocycles. The molecule has 4 heteroatoms. The third-order valence-electron chi connectivity index (χ3n) is 3.43. The number of rotatable bonds is 6. The molecule has 0 fully saturated rings. The number of nitrogens with zero attached hydrogens (tertiary/aromatic N) is 2. The molecule has 0 aliphatic rings. The van der Waals surface area contributed by atoms with E-state index in [-0.39, 0.29) is 6.04 Å². The van der Waals surface area contributed by atoms with Crippen molar-refractivity contribution in [2.75, 3.05) is 0 Å². The molecule has 0 amide bonds. The highest BCUT2D eigenvalue weighted by Crippen LogP contribution is 2.19. The summed E-state index contributed by atoms with van der Waals surface area (Å²) in [6.45, 7) is 5.21. The first-order valence-corrected chi connectivity index (χ1v) is 6.78. The van der Waals surface area contributed by atoms with E-state index in [0.717, 1.165) is 25.1 Å². The van der Waals surface area contributed by atoms with E-state index in [2.05, 4.69) is 48.6 Å². The first-order chi connectivity index (χ1) is 9.26. The third kappa shape index (κ3) is 3.22. The Morgan fingerprint density at radius 1 is 1.32 bits per heavy atom. The monoisotopic (exact) mass is 258 g/mol. The van der Waals surface area contributed by atoms with E-state index in [0.29, 0.717) is 0 Å². The average molecular weight is 258 g/mol. The molecule has 0 spiro atoms. The summed E-state index contributed by atoms with van der Waals surface area (Å²) in [5, 5.41) is 4.36. The third-order valence-corrected chi connectivity index (χ3v) is 3.43. The smallest absolute Gasteiger partial charge is 0.0669 e. The predicted octanol–water partition coefficient (Wildman–Crippen LogP) is 2.35. The van der Waals surface area contributed by atoms with Crippen molar-refractivity contribution in [3.63, 3.8) is 0 Å². The van der Waals surface area contributed by atoms with Gasteiger partial charge in [-0.25, -0.2) is 0 Å². The van der Waals surface area contributed by atoms with Gasteiger partial charge in [0.25, 0.3) is 0 Å². The van der Waals surface area contributed by atoms with Crippen LogP contribution in [0.2, 0.25) is 0 Å². The SMILES string of the molecule is CCCn1nccc1C(Cc1ccccc1C)NN. The summed E-state index contributed by atoms with van der Waals surface area (Å²) in [7, 11) is 0. The van der Waals surface area contributed by atoms with Gasteiger partial charge < -0.3 is 0 Å². The molecule has 0 saturated carbocycles. The van der Waals surface area contributed by atoms with Gasteiger partial charge in [0.15, 0.2) is 0 Å². The van der Waals surface area contributed by atoms with Crippen LogP contribution in [0.5, 0.6) is 0 Å². The number of hydrogen-bond donors (Lipinski definition) is 2. The lowest BCUT2D eigenvalue weighted by atomic mass is 9.99. The molecule has 4 nitrogen and oxygen atoms in total. The van der Waals surface area contributed by atoms with Crippen LogP contribution in [0.4, 0.5) is 0 Å². The van der Waals surface area contributed by atoms with Crippen LogP contribution in [0.25, 0.3) is 0 Å². The Hall–Kier alpha value is -1.65. The van der Waals surface area contributed by atoms with Gasteiger partial charge in [-0.1, -0.05) is 31.2 Å². The zero-order valence-electron chi connectivity index (χ0n) is 11.6. The van der Waals surface area contributed by atoms with Gasteiger partial charge in [-0.15, -0.1) is 0 Å². The number of aromatic nitrogens is 2. The minimum absolute atomic E-state index is 0.0927. The minimum atomic E-state index is 0.0927. The second-order valence-corrected chi connectivity index (χ2v) is 4.83. The summed E-state index contributed by atoms with van der Waals surface area (Å²) in [5.74, 6) is 5.74. The van der Waals surface area contributed by atoms with Crippen molar-refractivity contribution in [3.05, 3.63) is 53.3 Å². The minimum Gasteiger partial charge on any atom is -0.271 e. The first-order valence-electron chi connectivity index (χ1n) is 6.78. The van der Waals surface area contributed by atoms with Gasteiger partial charge in [0, 0.05) is 12.7 Å². The molecule has 1 atom stereocenters. The molecule has 3 N–H and O–H groups in total. The largest absolute Gasteiger partial charge is 0.271 e. The normalized spacial score (nSPS) is 12.6. The Morgan fingerprint density at radius 2 is 2.11 bits per heavy atom. The lowest BCUT2D eigenvalue weighted by molar-refractivity contribution is 0.477. The second kappa shape index (κ2) is 6.50. The number of nitrogens with two attached hydrogens (primary N) is 1. The summed E-state index contributed by atoms with van der Waals surface area (Å²) in [6.07, 6.45) is 3.78. The fourth-order valence-corrected chi connectivity index (χ4v) is 2.35. The molecular weight excluding hydrogens is 236 g/mol. The van der Waals surface area contributed by atoms with E-state index in [1.54, 1.807) is 0 Å². The van der Waals surface area contributed by atoms with E-state index in [1.807, 2.05) is 16.9 Å². The molecule has 0 aliphatic carbocycles. The van der Waals surface area contributed by atoms with Gasteiger partial charge in [0.05, 0.1) is 11.7 Å². The number of benzene rings is 1. The number of aryl methyl sites for hydroxylation is 2. The predicted molar refractivity (Wildman–Crippen MR) is 77.5 cm³/mol. The number of hydrazine groups is 1. The Balaban J connectivity index is 2.20. The fraction of sp³-hybridized carbons (Fsp3) is 0.400. The summed E-state index contributed by atoms with van der Waals surface area (Å²) in [4.78, 5) is 0. The lowest BCUT2D eigenvalue weighted by Crippen LogP contribution is -2.31. The molecule has 102 valence electrons. The van der Waals surface area contributed by atoms with Crippen LogP contribution in [0, 0.1) is 6.92 Å². The Kier molecular flexibility index (Phi) is 4.71. The highest BCUT2D eigenvalue weighted by Gasteiger charge is 2.15. The topological polar surface area (TPSA) is 55.9 Å². The van der Waals surface area contributed by atoms with Crippen molar-refractivity contribution in [2.24, 2.45) is 5.84 Å². The van der Waals surface area contributed by atoms with Crippen molar-refractivity contribution in [1.82, 2.24) is 15.2 Å². The van der Waals surface area contributed by atoms with Crippen molar-refractivity contribution in [3.8, 4) is 0 Å². The maximum Gasteiger partial charge on any atom is 0.0669 e. The zero-order chi connectivity index (χ0) is 13.7. The number of hydrogen-bond acceptors (Lipinski definition) is 3. The Morgan fingerprint density at radius 3 is 2.79 bits per heavy atom. The van der Waals surface area contributed by atoms with Crippen molar-refractivity contribution in [1.29, 1.82) is 0 Å². The molecule has 1 aromatic carbocycles. The van der Waals surface area contributed by atoms with Crippen LogP contribution < -0.4 is 11.3 Å². The summed E-state index contributed by atoms with van der Waals surface area (Å²) in [6, 6.07) is 10.5. The Labute approximate surface area is 114 Å². The van der Waals surface area contributed by atoms with Crippen molar-refractivity contribution < 1.29 is 0 Å². The van der Waals surface area contributed by atoms with E-state index in [4.69, 9.17) is 5.84 Å². The summed E-state index contributed by atoms with van der Waals surface area (Å²) < 4.78 is 2.03. The van der Waals surface area contributed by atoms with Crippen molar-refractivity contribution in [2.45, 2.75) is 39.3 Å². The lowest BCUT2D eigenvalue weighted by Gasteiger charge is -2.18. The molecule has 2 rings (SSSR count). The molecule has 2 aromatic rings. The van der Waals surface area contributed by atoms with E-state index in [1.165, 1.54) is 11.1 Å². The van der Waals surface area contributed by atoms with E-state index >= 15 is 0 Å². The number of nitrogens with one attached hydrogen (secondary N) is 1. The van der Waals surface area contributed by atoms with E-state index < -0.39 is 0 Å². The highest BCUT2D eigenvalue weighted by molar-refractivity contribution is 5.27. The highest BCUT2D eigenvalue weighted by atomic mass is 15.3. The molecule has 1 heterocycles. The second-order valence-electron chi connectivity index (χ2n) is 4.83. The molecule has 0 bridgehead atoms. The quantitative estimate of drug-likeness (QED) is 0.617. The summed E-state index contributed by atoms with van der Waals surface area (Å²) in [5.41, 5.74) is 6.67. The van der Waals surface area contributed by atoms with Crippen LogP contribution in [0.3, 0.4) is 0 Å². The van der Waals surface area contributed by atoms with Crippen LogP contribution in [0.15, 0.2) is 36.5 Å². The van der Waals surface area contributed by atoms with Gasteiger partial charge in [-0.2, -0.15) is 5.10 Å². The standard InChI is InChI=1S/C15H22N4/c1-3-10-19-15(8-9-17-19)14(18-16)11-13-7-5-4-6-12(13)2/h4-9,14,18H,3,10-11,16H2,1-2H3. The van der Waals surface area contributed by atoms with Gasteiger partial charge in [-0.05, 0) is 37.0 Å². The van der Waals surface area contributed by atoms with Crippen molar-refractivity contribution >= 4 is 0 Å². The summed E-state index contributed by atoms with van der Waals surface area (Å²) >= 11 is 0. The van der Waals surface area contributed by atoms with Gasteiger partial charge in [-0.3, -0.25) is 16.0 Å². The average Bonchev–Trinajstić information content (AvgIpc) is 2.86. The Bertz CT molecular complexity index is 518. The molecule has 1 aromatic heterocycles. The maximum atomic E-state index is 5.74. The maximum absolute atomic E-state index is 5.74. The molecule has 19 heavy (non-hydrogen) atoms. The van der Waals surface area contributed by atoms with Crippen LogP contribution in [0.1, 0.15) is 36.2 Å². The molecular formula is C15H22N4.